The third-order valence-electron chi connectivity index (χ3n) is 4.68. The Morgan fingerprint density at radius 2 is 2.12 bits per heavy atom. The summed E-state index contributed by atoms with van der Waals surface area (Å²) in [6.45, 7) is 7.60. The molecule has 7 nitrogen and oxygen atoms in total. The second-order valence-electron chi connectivity index (χ2n) is 6.30. The molecule has 1 aliphatic rings. The number of rotatable bonds is 5. The summed E-state index contributed by atoms with van der Waals surface area (Å²) in [4.78, 5) is 30.7. The lowest BCUT2D eigenvalue weighted by Gasteiger charge is -2.29. The van der Waals surface area contributed by atoms with Gasteiger partial charge >= 0.3 is 6.03 Å². The lowest BCUT2D eigenvalue weighted by atomic mass is 9.84. The van der Waals surface area contributed by atoms with Gasteiger partial charge in [0, 0.05) is 0 Å². The van der Waals surface area contributed by atoms with E-state index in [2.05, 4.69) is 10.3 Å². The smallest absolute Gasteiger partial charge is 0.325 e. The standard InChI is InChI=1S/C17H21N3O4/c1-5-17(10(2)3)15(21)20(16(22)19-17)9-12-11(4)24-14(18-12)13-7-6-8-23-13/h6-8,10H,5,9H2,1-4H3,(H,19,22). The largest absolute Gasteiger partial charge is 0.459 e. The van der Waals surface area contributed by atoms with E-state index in [1.807, 2.05) is 20.8 Å². The second kappa shape index (κ2) is 5.81. The van der Waals surface area contributed by atoms with Crippen LogP contribution in [0.1, 0.15) is 38.6 Å². The third-order valence-corrected chi connectivity index (χ3v) is 4.68. The van der Waals surface area contributed by atoms with Crippen molar-refractivity contribution in [3.63, 3.8) is 0 Å². The first-order chi connectivity index (χ1) is 11.4. The maximum Gasteiger partial charge on any atom is 0.325 e. The summed E-state index contributed by atoms with van der Waals surface area (Å²) in [7, 11) is 0. The number of hydrogen-bond acceptors (Lipinski definition) is 5. The number of oxazole rings is 1. The molecule has 1 unspecified atom stereocenters. The molecule has 0 saturated carbocycles. The summed E-state index contributed by atoms with van der Waals surface area (Å²) < 4.78 is 10.9. The molecule has 0 radical (unpaired) electrons. The van der Waals surface area contributed by atoms with Crippen molar-refractivity contribution in [1.29, 1.82) is 0 Å². The fourth-order valence-corrected chi connectivity index (χ4v) is 3.06. The summed E-state index contributed by atoms with van der Waals surface area (Å²) in [5.41, 5.74) is -0.306. The molecular weight excluding hydrogens is 310 g/mol. The van der Waals surface area contributed by atoms with Gasteiger partial charge in [-0.25, -0.2) is 9.78 Å². The minimum Gasteiger partial charge on any atom is -0.459 e. The highest BCUT2D eigenvalue weighted by Gasteiger charge is 2.52. The van der Waals surface area contributed by atoms with Crippen LogP contribution in [-0.2, 0) is 11.3 Å². The van der Waals surface area contributed by atoms with Gasteiger partial charge in [0.1, 0.15) is 17.0 Å². The first kappa shape index (κ1) is 16.3. The van der Waals surface area contributed by atoms with E-state index in [4.69, 9.17) is 8.83 Å². The van der Waals surface area contributed by atoms with Crippen LogP contribution in [-0.4, -0.2) is 27.4 Å². The van der Waals surface area contributed by atoms with Crippen molar-refractivity contribution in [3.8, 4) is 11.7 Å². The van der Waals surface area contributed by atoms with Crippen molar-refractivity contribution in [2.75, 3.05) is 0 Å². The van der Waals surface area contributed by atoms with Gasteiger partial charge in [0.15, 0.2) is 5.76 Å². The zero-order chi connectivity index (χ0) is 17.5. The molecule has 1 N–H and O–H groups in total. The zero-order valence-electron chi connectivity index (χ0n) is 14.3. The number of imide groups is 1. The molecule has 1 aliphatic heterocycles. The van der Waals surface area contributed by atoms with Gasteiger partial charge in [0.25, 0.3) is 11.8 Å². The quantitative estimate of drug-likeness (QED) is 0.850. The van der Waals surface area contributed by atoms with E-state index < -0.39 is 11.6 Å². The Morgan fingerprint density at radius 3 is 2.67 bits per heavy atom. The highest BCUT2D eigenvalue weighted by Crippen LogP contribution is 2.31. The van der Waals surface area contributed by atoms with Crippen LogP contribution in [0.25, 0.3) is 11.7 Å². The van der Waals surface area contributed by atoms with Crippen LogP contribution in [0.3, 0.4) is 0 Å². The predicted octanol–water partition coefficient (Wildman–Crippen LogP) is 3.10. The Hall–Kier alpha value is -2.57. The van der Waals surface area contributed by atoms with Gasteiger partial charge in [-0.15, -0.1) is 0 Å². The molecule has 0 aromatic carbocycles. The molecule has 24 heavy (non-hydrogen) atoms. The number of carbonyl (C=O) groups excluding carboxylic acids is 2. The molecule has 0 spiro atoms. The SMILES string of the molecule is CCC1(C(C)C)NC(=O)N(Cc2nc(-c3ccco3)oc2C)C1=O. The molecule has 1 fully saturated rings. The van der Waals surface area contributed by atoms with Gasteiger partial charge in [-0.05, 0) is 31.4 Å². The molecule has 0 bridgehead atoms. The average Bonchev–Trinajstić information content (AvgIpc) is 3.23. The van der Waals surface area contributed by atoms with Crippen LogP contribution in [0.15, 0.2) is 27.2 Å². The van der Waals surface area contributed by atoms with Gasteiger partial charge in [-0.2, -0.15) is 0 Å². The third kappa shape index (κ3) is 2.40. The summed E-state index contributed by atoms with van der Waals surface area (Å²) in [6.07, 6.45) is 2.07. The zero-order valence-corrected chi connectivity index (χ0v) is 14.3. The maximum atomic E-state index is 12.8. The van der Waals surface area contributed by atoms with Gasteiger partial charge in [0.05, 0.1) is 12.8 Å². The number of aryl methyl sites for hydroxylation is 1. The molecule has 1 atom stereocenters. The number of nitrogens with one attached hydrogen (secondary N) is 1. The van der Waals surface area contributed by atoms with E-state index in [0.717, 1.165) is 0 Å². The molecule has 3 rings (SSSR count). The van der Waals surface area contributed by atoms with Crippen LogP contribution < -0.4 is 5.32 Å². The second-order valence-corrected chi connectivity index (χ2v) is 6.30. The van der Waals surface area contributed by atoms with Crippen molar-refractivity contribution < 1.29 is 18.4 Å². The van der Waals surface area contributed by atoms with E-state index in [9.17, 15) is 9.59 Å². The Kier molecular flexibility index (Phi) is 3.95. The number of hydrogen-bond donors (Lipinski definition) is 1. The fraction of sp³-hybridized carbons (Fsp3) is 0.471. The number of aromatic nitrogens is 1. The van der Waals surface area contributed by atoms with Gasteiger partial charge < -0.3 is 14.2 Å². The highest BCUT2D eigenvalue weighted by atomic mass is 16.4. The first-order valence-corrected chi connectivity index (χ1v) is 8.03. The fourth-order valence-electron chi connectivity index (χ4n) is 3.06. The van der Waals surface area contributed by atoms with Crippen LogP contribution in [0.2, 0.25) is 0 Å². The molecule has 3 amide bonds. The molecule has 7 heteroatoms. The molecule has 2 aromatic rings. The summed E-state index contributed by atoms with van der Waals surface area (Å²) in [6, 6.07) is 3.09. The number of amides is 3. The Labute approximate surface area is 140 Å². The van der Waals surface area contributed by atoms with E-state index >= 15 is 0 Å². The predicted molar refractivity (Wildman–Crippen MR) is 85.9 cm³/mol. The maximum absolute atomic E-state index is 12.8. The van der Waals surface area contributed by atoms with Gasteiger partial charge in [-0.3, -0.25) is 9.69 Å². The molecular formula is C17H21N3O4. The van der Waals surface area contributed by atoms with Crippen molar-refractivity contribution in [2.45, 2.75) is 46.2 Å². The summed E-state index contributed by atoms with van der Waals surface area (Å²) in [5.74, 6) is 1.19. The summed E-state index contributed by atoms with van der Waals surface area (Å²) in [5, 5.41) is 2.85. The monoisotopic (exact) mass is 331 g/mol. The van der Waals surface area contributed by atoms with Crippen LogP contribution >= 0.6 is 0 Å². The molecule has 1 saturated heterocycles. The van der Waals surface area contributed by atoms with Crippen molar-refractivity contribution in [2.24, 2.45) is 5.92 Å². The van der Waals surface area contributed by atoms with E-state index in [-0.39, 0.29) is 18.4 Å². The van der Waals surface area contributed by atoms with Crippen LogP contribution in [0.5, 0.6) is 0 Å². The normalized spacial score (nSPS) is 21.0. The van der Waals surface area contributed by atoms with E-state index in [1.54, 1.807) is 19.1 Å². The van der Waals surface area contributed by atoms with E-state index in [1.165, 1.54) is 11.2 Å². The lowest BCUT2D eigenvalue weighted by molar-refractivity contribution is -0.133. The number of urea groups is 1. The Morgan fingerprint density at radius 1 is 1.38 bits per heavy atom. The molecule has 2 aromatic heterocycles. The van der Waals surface area contributed by atoms with Crippen molar-refractivity contribution >= 4 is 11.9 Å². The van der Waals surface area contributed by atoms with E-state index in [0.29, 0.717) is 29.5 Å². The minimum absolute atomic E-state index is 0.000959. The lowest BCUT2D eigenvalue weighted by Crippen LogP contribution is -2.50. The first-order valence-electron chi connectivity index (χ1n) is 8.03. The van der Waals surface area contributed by atoms with Crippen molar-refractivity contribution in [1.82, 2.24) is 15.2 Å². The summed E-state index contributed by atoms with van der Waals surface area (Å²) >= 11 is 0. The topological polar surface area (TPSA) is 88.6 Å². The number of furan rings is 1. The van der Waals surface area contributed by atoms with Gasteiger partial charge in [-0.1, -0.05) is 20.8 Å². The average molecular weight is 331 g/mol. The Bertz CT molecular complexity index is 763. The number of carbonyl (C=O) groups is 2. The number of nitrogens with zero attached hydrogens (tertiary/aromatic N) is 2. The highest BCUT2D eigenvalue weighted by molar-refractivity contribution is 6.07. The Balaban J connectivity index is 1.87. The molecule has 3 heterocycles. The molecule has 128 valence electrons. The van der Waals surface area contributed by atoms with Crippen molar-refractivity contribution in [3.05, 3.63) is 29.9 Å². The van der Waals surface area contributed by atoms with Gasteiger partial charge in [0.2, 0.25) is 0 Å². The minimum atomic E-state index is -0.849. The van der Waals surface area contributed by atoms with Crippen LogP contribution in [0.4, 0.5) is 4.79 Å². The molecule has 0 aliphatic carbocycles. The van der Waals surface area contributed by atoms with Crippen LogP contribution in [0, 0.1) is 12.8 Å².